The second-order valence-electron chi connectivity index (χ2n) is 6.27. The minimum absolute atomic E-state index is 0.136. The van der Waals surface area contributed by atoms with E-state index in [-0.39, 0.29) is 5.91 Å². The van der Waals surface area contributed by atoms with Crippen molar-refractivity contribution >= 4 is 23.0 Å². The normalized spacial score (nSPS) is 15.3. The average Bonchev–Trinajstić information content (AvgIpc) is 2.99. The van der Waals surface area contributed by atoms with Crippen LogP contribution in [0.4, 0.5) is 5.69 Å². The number of fused-ring (bicyclic) bond motifs is 1. The molecule has 5 heteroatoms. The molecule has 27 heavy (non-hydrogen) atoms. The number of rotatable bonds is 4. The van der Waals surface area contributed by atoms with Crippen molar-refractivity contribution in [3.63, 3.8) is 0 Å². The van der Waals surface area contributed by atoms with Crippen LogP contribution in [0, 0.1) is 0 Å². The fourth-order valence-corrected chi connectivity index (χ4v) is 3.04. The van der Waals surface area contributed by atoms with Crippen LogP contribution in [-0.2, 0) is 11.3 Å². The van der Waals surface area contributed by atoms with Crippen LogP contribution < -0.4 is 4.90 Å². The van der Waals surface area contributed by atoms with Gasteiger partial charge >= 0.3 is 0 Å². The zero-order valence-corrected chi connectivity index (χ0v) is 14.9. The summed E-state index contributed by atoms with van der Waals surface area (Å²) in [7, 11) is 0. The lowest BCUT2D eigenvalue weighted by molar-refractivity contribution is -0.112. The molecule has 132 valence electrons. The van der Waals surface area contributed by atoms with Crippen molar-refractivity contribution < 1.29 is 4.79 Å². The summed E-state index contributed by atoms with van der Waals surface area (Å²) in [6.45, 7) is 2.36. The molecule has 1 aromatic heterocycles. The average molecular weight is 354 g/mol. The lowest BCUT2D eigenvalue weighted by Gasteiger charge is -2.16. The van der Waals surface area contributed by atoms with Crippen molar-refractivity contribution in [2.24, 2.45) is 10.2 Å². The largest absolute Gasteiger partial charge is 0.302 e. The number of para-hydroxylation sites is 1. The molecule has 3 aromatic rings. The number of anilines is 1. The van der Waals surface area contributed by atoms with Gasteiger partial charge in [-0.2, -0.15) is 5.10 Å². The molecule has 0 fully saturated rings. The fourth-order valence-electron chi connectivity index (χ4n) is 3.04. The molecule has 0 saturated heterocycles. The summed E-state index contributed by atoms with van der Waals surface area (Å²) in [6.07, 6.45) is 3.44. The van der Waals surface area contributed by atoms with E-state index < -0.39 is 0 Å². The molecule has 2 heterocycles. The van der Waals surface area contributed by atoms with Crippen molar-refractivity contribution in [3.8, 4) is 0 Å². The molecule has 5 nitrogen and oxygen atoms in total. The molecular formula is C22H18N4O. The first-order valence-corrected chi connectivity index (χ1v) is 8.72. The van der Waals surface area contributed by atoms with Gasteiger partial charge in [-0.15, -0.1) is 5.10 Å². The molecule has 4 rings (SSSR count). The minimum atomic E-state index is -0.136. The Morgan fingerprint density at radius 3 is 2.56 bits per heavy atom. The number of amides is 1. The van der Waals surface area contributed by atoms with Gasteiger partial charge in [0.2, 0.25) is 0 Å². The highest BCUT2D eigenvalue weighted by Crippen LogP contribution is 2.30. The van der Waals surface area contributed by atoms with E-state index in [2.05, 4.69) is 15.2 Å². The van der Waals surface area contributed by atoms with Gasteiger partial charge in [-0.25, -0.2) is 0 Å². The van der Waals surface area contributed by atoms with Crippen molar-refractivity contribution in [1.82, 2.24) is 4.98 Å². The third kappa shape index (κ3) is 3.40. The Morgan fingerprint density at radius 2 is 1.78 bits per heavy atom. The van der Waals surface area contributed by atoms with E-state index in [4.69, 9.17) is 0 Å². The number of hydrogen-bond donors (Lipinski definition) is 0. The molecule has 1 aliphatic rings. The quantitative estimate of drug-likeness (QED) is 0.528. The van der Waals surface area contributed by atoms with E-state index in [9.17, 15) is 4.79 Å². The Kier molecular flexibility index (Phi) is 4.58. The highest BCUT2D eigenvalue weighted by molar-refractivity contribution is 6.54. The monoisotopic (exact) mass is 354 g/mol. The minimum Gasteiger partial charge on any atom is -0.302 e. The molecule has 1 aliphatic heterocycles. The number of pyridine rings is 1. The molecule has 0 unspecified atom stereocenters. The van der Waals surface area contributed by atoms with E-state index in [0.29, 0.717) is 18.0 Å². The summed E-state index contributed by atoms with van der Waals surface area (Å²) in [6, 6.07) is 21.4. The van der Waals surface area contributed by atoms with Gasteiger partial charge in [0.25, 0.3) is 5.91 Å². The summed E-state index contributed by atoms with van der Waals surface area (Å²) in [5.41, 5.74) is 4.69. The van der Waals surface area contributed by atoms with Crippen molar-refractivity contribution in [1.29, 1.82) is 0 Å². The molecule has 0 radical (unpaired) electrons. The van der Waals surface area contributed by atoms with Crippen LogP contribution in [0.15, 0.2) is 89.3 Å². The van der Waals surface area contributed by atoms with E-state index in [1.165, 1.54) is 0 Å². The summed E-state index contributed by atoms with van der Waals surface area (Å²) in [5, 5.41) is 8.58. The first kappa shape index (κ1) is 16.8. The van der Waals surface area contributed by atoms with E-state index in [1.54, 1.807) is 17.3 Å². The first-order valence-electron chi connectivity index (χ1n) is 8.72. The maximum Gasteiger partial charge on any atom is 0.279 e. The zero-order chi connectivity index (χ0) is 18.6. The predicted octanol–water partition coefficient (Wildman–Crippen LogP) is 3.84. The molecule has 0 saturated carbocycles. The number of hydrogen-bond acceptors (Lipinski definition) is 4. The fraction of sp³-hybridized carbons (Fsp3) is 0.0909. The van der Waals surface area contributed by atoms with Gasteiger partial charge in [0, 0.05) is 23.5 Å². The maximum absolute atomic E-state index is 13.0. The van der Waals surface area contributed by atoms with Gasteiger partial charge in [-0.1, -0.05) is 54.6 Å². The third-order valence-corrected chi connectivity index (χ3v) is 4.46. The van der Waals surface area contributed by atoms with Crippen molar-refractivity contribution in [3.05, 3.63) is 95.8 Å². The van der Waals surface area contributed by atoms with Crippen LogP contribution in [0.2, 0.25) is 0 Å². The second kappa shape index (κ2) is 7.33. The van der Waals surface area contributed by atoms with E-state index in [1.807, 2.05) is 73.7 Å². The van der Waals surface area contributed by atoms with Crippen LogP contribution in [0.5, 0.6) is 0 Å². The van der Waals surface area contributed by atoms with Crippen LogP contribution in [0.1, 0.15) is 23.6 Å². The van der Waals surface area contributed by atoms with Crippen molar-refractivity contribution in [2.45, 2.75) is 13.5 Å². The number of benzene rings is 2. The van der Waals surface area contributed by atoms with Crippen LogP contribution >= 0.6 is 0 Å². The third-order valence-electron chi connectivity index (χ3n) is 4.46. The topological polar surface area (TPSA) is 57.9 Å². The number of carbonyl (C=O) groups excluding carboxylic acids is 1. The second-order valence-corrected chi connectivity index (χ2v) is 6.27. The van der Waals surface area contributed by atoms with Crippen LogP contribution in [-0.4, -0.2) is 22.3 Å². The molecule has 1 amide bonds. The zero-order valence-electron chi connectivity index (χ0n) is 14.9. The number of carbonyl (C=O) groups is 1. The Hall–Kier alpha value is -3.60. The van der Waals surface area contributed by atoms with Gasteiger partial charge in [-0.05, 0) is 24.6 Å². The molecule has 0 spiro atoms. The lowest BCUT2D eigenvalue weighted by Crippen LogP contribution is -2.29. The Labute approximate surface area is 157 Å². The summed E-state index contributed by atoms with van der Waals surface area (Å²) >= 11 is 0. The highest BCUT2D eigenvalue weighted by atomic mass is 16.2. The van der Waals surface area contributed by atoms with Crippen LogP contribution in [0.25, 0.3) is 0 Å². The van der Waals surface area contributed by atoms with Crippen molar-refractivity contribution in [2.75, 3.05) is 4.90 Å². The summed E-state index contributed by atoms with van der Waals surface area (Å²) < 4.78 is 0. The Bertz CT molecular complexity index is 1030. The molecule has 0 atom stereocenters. The summed E-state index contributed by atoms with van der Waals surface area (Å²) in [4.78, 5) is 18.9. The highest BCUT2D eigenvalue weighted by Gasteiger charge is 2.33. The van der Waals surface area contributed by atoms with Gasteiger partial charge < -0.3 is 4.90 Å². The lowest BCUT2D eigenvalue weighted by atomic mass is 10.1. The van der Waals surface area contributed by atoms with Gasteiger partial charge in [0.15, 0.2) is 5.71 Å². The van der Waals surface area contributed by atoms with Crippen LogP contribution in [0.3, 0.4) is 0 Å². The predicted molar refractivity (Wildman–Crippen MR) is 107 cm³/mol. The van der Waals surface area contributed by atoms with Gasteiger partial charge in [0.1, 0.15) is 0 Å². The van der Waals surface area contributed by atoms with Gasteiger partial charge in [0.05, 0.1) is 17.9 Å². The Morgan fingerprint density at radius 1 is 1.00 bits per heavy atom. The molecule has 2 aromatic carbocycles. The SMILES string of the molecule is C/C(=N/N=C1\C(=O)N(Cc2ccccc2)c2ccccc21)c1cccnc1. The smallest absolute Gasteiger partial charge is 0.279 e. The number of aromatic nitrogens is 1. The maximum atomic E-state index is 13.0. The number of nitrogens with zero attached hydrogens (tertiary/aromatic N) is 4. The molecule has 0 bridgehead atoms. The Balaban J connectivity index is 1.69. The molecule has 0 aliphatic carbocycles. The summed E-state index contributed by atoms with van der Waals surface area (Å²) in [5.74, 6) is -0.136. The first-order chi connectivity index (χ1) is 13.2. The van der Waals surface area contributed by atoms with E-state index in [0.717, 1.165) is 22.4 Å². The molecular weight excluding hydrogens is 336 g/mol. The standard InChI is InChI=1S/C22H18N4O/c1-16(18-10-7-13-23-14-18)24-25-21-19-11-5-6-12-20(19)26(22(21)27)15-17-8-3-2-4-9-17/h2-14H,15H2,1H3/b24-16-,25-21-. The van der Waals surface area contributed by atoms with E-state index >= 15 is 0 Å². The van der Waals surface area contributed by atoms with Gasteiger partial charge in [-0.3, -0.25) is 9.78 Å². The molecule has 0 N–H and O–H groups in total.